The van der Waals surface area contributed by atoms with E-state index in [2.05, 4.69) is 17.6 Å². The molecule has 0 heterocycles. The summed E-state index contributed by atoms with van der Waals surface area (Å²) in [5, 5.41) is 6.22. The summed E-state index contributed by atoms with van der Waals surface area (Å²) in [5.74, 6) is 2.03. The van der Waals surface area contributed by atoms with Gasteiger partial charge in [0.25, 0.3) is 0 Å². The van der Waals surface area contributed by atoms with E-state index in [-0.39, 0.29) is 23.2 Å². The van der Waals surface area contributed by atoms with Crippen molar-refractivity contribution in [2.75, 3.05) is 5.32 Å². The monoisotopic (exact) mass is 378 g/mol. The maximum absolute atomic E-state index is 14.0. The Bertz CT molecular complexity index is 657. The van der Waals surface area contributed by atoms with Gasteiger partial charge in [-0.05, 0) is 86.3 Å². The third-order valence-electron chi connectivity index (χ3n) is 6.89. The summed E-state index contributed by atoms with van der Waals surface area (Å²) < 4.78 is 14.0. The first-order chi connectivity index (χ1) is 12.5. The van der Waals surface area contributed by atoms with Gasteiger partial charge in [-0.1, -0.05) is 24.9 Å². The number of carbonyl (C=O) groups is 1. The zero-order valence-corrected chi connectivity index (χ0v) is 16.1. The number of nitrogens with one attached hydrogen (secondary N) is 2. The van der Waals surface area contributed by atoms with Crippen LogP contribution in [0.3, 0.4) is 0 Å². The van der Waals surface area contributed by atoms with Crippen molar-refractivity contribution in [3.8, 4) is 0 Å². The fraction of sp³-hybridized carbons (Fsp3) is 0.667. The molecule has 5 heteroatoms. The highest BCUT2D eigenvalue weighted by atomic mass is 35.5. The van der Waals surface area contributed by atoms with Crippen molar-refractivity contribution in [2.24, 2.45) is 23.2 Å². The van der Waals surface area contributed by atoms with Gasteiger partial charge in [0.15, 0.2) is 0 Å². The highest BCUT2D eigenvalue weighted by Crippen LogP contribution is 2.61. The molecule has 2 N–H and O–H groups in total. The summed E-state index contributed by atoms with van der Waals surface area (Å²) in [4.78, 5) is 12.6. The maximum atomic E-state index is 14.0. The van der Waals surface area contributed by atoms with Crippen LogP contribution in [0.4, 0.5) is 14.9 Å². The molecular formula is C21H28ClFN2O. The third-order valence-corrected chi connectivity index (χ3v) is 7.12. The van der Waals surface area contributed by atoms with Crippen LogP contribution >= 0.6 is 11.6 Å². The molecule has 1 aromatic rings. The molecule has 4 aliphatic carbocycles. The number of hydrogen-bond donors (Lipinski definition) is 2. The number of amides is 2. The van der Waals surface area contributed by atoms with Crippen LogP contribution < -0.4 is 10.6 Å². The van der Waals surface area contributed by atoms with Crippen LogP contribution in [0.25, 0.3) is 0 Å². The molecule has 4 bridgehead atoms. The van der Waals surface area contributed by atoms with E-state index in [4.69, 9.17) is 11.6 Å². The lowest BCUT2D eigenvalue weighted by molar-refractivity contribution is -0.0727. The van der Waals surface area contributed by atoms with Gasteiger partial charge in [-0.3, -0.25) is 0 Å². The van der Waals surface area contributed by atoms with E-state index in [1.54, 1.807) is 6.07 Å². The predicted molar refractivity (Wildman–Crippen MR) is 103 cm³/mol. The van der Waals surface area contributed by atoms with Gasteiger partial charge in [0.05, 0.1) is 5.69 Å². The molecule has 5 rings (SSSR count). The minimum atomic E-state index is -0.505. The van der Waals surface area contributed by atoms with Crippen molar-refractivity contribution in [1.29, 1.82) is 0 Å². The van der Waals surface area contributed by atoms with Gasteiger partial charge >= 0.3 is 6.03 Å². The van der Waals surface area contributed by atoms with Crippen molar-refractivity contribution in [2.45, 2.75) is 64.3 Å². The normalized spacial score (nSPS) is 33.1. The Morgan fingerprint density at radius 3 is 2.38 bits per heavy atom. The Hall–Kier alpha value is -1.29. The number of urea groups is 1. The second-order valence-corrected chi connectivity index (χ2v) is 9.28. The first-order valence-corrected chi connectivity index (χ1v) is 10.4. The molecule has 142 valence electrons. The molecule has 26 heavy (non-hydrogen) atoms. The zero-order valence-electron chi connectivity index (χ0n) is 15.4. The predicted octanol–water partition coefficient (Wildman–Crippen LogP) is 5.99. The van der Waals surface area contributed by atoms with Gasteiger partial charge in [0.2, 0.25) is 0 Å². The van der Waals surface area contributed by atoms with Crippen LogP contribution in [0.2, 0.25) is 5.02 Å². The van der Waals surface area contributed by atoms with Crippen molar-refractivity contribution >= 4 is 23.3 Å². The first-order valence-electron chi connectivity index (χ1n) is 10.00. The van der Waals surface area contributed by atoms with Crippen LogP contribution in [0.5, 0.6) is 0 Å². The highest BCUT2D eigenvalue weighted by Gasteiger charge is 2.54. The Morgan fingerprint density at radius 1 is 1.23 bits per heavy atom. The Labute approximate surface area is 160 Å². The van der Waals surface area contributed by atoms with Crippen LogP contribution in [0.1, 0.15) is 58.3 Å². The molecule has 0 aliphatic heterocycles. The van der Waals surface area contributed by atoms with Gasteiger partial charge < -0.3 is 10.6 Å². The summed E-state index contributed by atoms with van der Waals surface area (Å²) in [6.45, 7) is 2.17. The van der Waals surface area contributed by atoms with Gasteiger partial charge in [-0.25, -0.2) is 9.18 Å². The number of rotatable bonds is 5. The molecule has 3 nitrogen and oxygen atoms in total. The van der Waals surface area contributed by atoms with E-state index in [1.807, 2.05) is 0 Å². The standard InChI is InChI=1S/C21H28ClFN2O/c1-2-3-19(21-10-13-6-14(11-21)8-15(7-13)12-21)25-20(26)24-18-5-4-16(22)9-17(18)23/h4-5,9,13-15,19H,2-3,6-8,10-12H2,1H3,(H2,24,25,26)/t13?,14?,15?,19-,21?/m0/s1. The smallest absolute Gasteiger partial charge is 0.319 e. The van der Waals surface area contributed by atoms with E-state index < -0.39 is 5.82 Å². The topological polar surface area (TPSA) is 41.1 Å². The quantitative estimate of drug-likeness (QED) is 0.649. The number of hydrogen-bond acceptors (Lipinski definition) is 1. The molecule has 0 saturated heterocycles. The van der Waals surface area contributed by atoms with Gasteiger partial charge in [-0.15, -0.1) is 0 Å². The SMILES string of the molecule is CCC[C@H](NC(=O)Nc1ccc(Cl)cc1F)C12CC3CC(CC(C3)C1)C2. The molecule has 4 fully saturated rings. The van der Waals surface area contributed by atoms with Crippen molar-refractivity contribution < 1.29 is 9.18 Å². The molecule has 0 unspecified atom stereocenters. The molecule has 4 aliphatic rings. The number of benzene rings is 1. The van der Waals surface area contributed by atoms with E-state index in [9.17, 15) is 9.18 Å². The fourth-order valence-corrected chi connectivity index (χ4v) is 6.49. The van der Waals surface area contributed by atoms with Crippen molar-refractivity contribution in [1.82, 2.24) is 5.32 Å². The summed E-state index contributed by atoms with van der Waals surface area (Å²) in [6, 6.07) is 4.19. The maximum Gasteiger partial charge on any atom is 0.319 e. The molecule has 0 spiro atoms. The largest absolute Gasteiger partial charge is 0.335 e. The lowest BCUT2D eigenvalue weighted by atomic mass is 9.47. The highest BCUT2D eigenvalue weighted by molar-refractivity contribution is 6.30. The van der Waals surface area contributed by atoms with E-state index in [0.717, 1.165) is 30.6 Å². The third kappa shape index (κ3) is 3.45. The summed E-state index contributed by atoms with van der Waals surface area (Å²) >= 11 is 5.79. The average Bonchev–Trinajstić information content (AvgIpc) is 2.56. The molecule has 0 radical (unpaired) electrons. The van der Waals surface area contributed by atoms with Crippen LogP contribution in [-0.4, -0.2) is 12.1 Å². The molecule has 0 aromatic heterocycles. The van der Waals surface area contributed by atoms with E-state index >= 15 is 0 Å². The van der Waals surface area contributed by atoms with Gasteiger partial charge in [-0.2, -0.15) is 0 Å². The number of carbonyl (C=O) groups excluding carboxylic acids is 1. The zero-order chi connectivity index (χ0) is 18.3. The second kappa shape index (κ2) is 7.03. The molecular weight excluding hydrogens is 351 g/mol. The minimum absolute atomic E-state index is 0.174. The fourth-order valence-electron chi connectivity index (χ4n) is 6.33. The lowest BCUT2D eigenvalue weighted by Crippen LogP contribution is -2.57. The Kier molecular flexibility index (Phi) is 4.89. The Morgan fingerprint density at radius 2 is 1.85 bits per heavy atom. The van der Waals surface area contributed by atoms with E-state index in [0.29, 0.717) is 5.02 Å². The summed E-state index contributed by atoms with van der Waals surface area (Å²) in [7, 11) is 0. The van der Waals surface area contributed by atoms with Gasteiger partial charge in [0, 0.05) is 11.1 Å². The molecule has 2 amide bonds. The van der Waals surface area contributed by atoms with Gasteiger partial charge in [0.1, 0.15) is 5.82 Å². The average molecular weight is 379 g/mol. The first kappa shape index (κ1) is 18.1. The summed E-state index contributed by atoms with van der Waals surface area (Å²) in [5.41, 5.74) is 0.424. The van der Waals surface area contributed by atoms with Crippen LogP contribution in [-0.2, 0) is 0 Å². The summed E-state index contributed by atoms with van der Waals surface area (Å²) in [6.07, 6.45) is 9.95. The lowest BCUT2D eigenvalue weighted by Gasteiger charge is -2.59. The number of anilines is 1. The molecule has 1 atom stereocenters. The molecule has 1 aromatic carbocycles. The van der Waals surface area contributed by atoms with Crippen molar-refractivity contribution in [3.63, 3.8) is 0 Å². The second-order valence-electron chi connectivity index (χ2n) is 8.84. The Balaban J connectivity index is 1.47. The van der Waals surface area contributed by atoms with Crippen LogP contribution in [0, 0.1) is 29.0 Å². The minimum Gasteiger partial charge on any atom is -0.335 e. The number of halogens is 2. The van der Waals surface area contributed by atoms with E-state index in [1.165, 1.54) is 50.7 Å². The molecule has 4 saturated carbocycles. The van der Waals surface area contributed by atoms with Crippen LogP contribution in [0.15, 0.2) is 18.2 Å². The van der Waals surface area contributed by atoms with Crippen molar-refractivity contribution in [3.05, 3.63) is 29.0 Å².